The van der Waals surface area contributed by atoms with Crippen molar-refractivity contribution in [2.75, 3.05) is 7.11 Å². The molecule has 1 aliphatic heterocycles. The molecule has 5 rings (SSSR count). The second-order valence-electron chi connectivity index (χ2n) is 7.61. The minimum absolute atomic E-state index is 0.165. The lowest BCUT2D eigenvalue weighted by Gasteiger charge is -2.26. The molecule has 0 radical (unpaired) electrons. The average molecular weight is 448 g/mol. The van der Waals surface area contributed by atoms with E-state index in [0.29, 0.717) is 23.0 Å². The number of fused-ring (bicyclic) bond motifs is 1. The van der Waals surface area contributed by atoms with Gasteiger partial charge in [-0.2, -0.15) is 5.10 Å². The first-order valence-corrected chi connectivity index (χ1v) is 10.5. The second kappa shape index (κ2) is 8.13. The molecule has 0 bridgehead atoms. The van der Waals surface area contributed by atoms with Gasteiger partial charge in [-0.1, -0.05) is 35.9 Å². The van der Waals surface area contributed by atoms with Crippen LogP contribution >= 0.6 is 11.6 Å². The van der Waals surface area contributed by atoms with Crippen molar-refractivity contribution in [3.63, 3.8) is 0 Å². The lowest BCUT2D eigenvalue weighted by Crippen LogP contribution is -2.29. The summed E-state index contributed by atoms with van der Waals surface area (Å²) >= 11 is 6.29. The maximum Gasteiger partial charge on any atom is 0.273 e. The third kappa shape index (κ3) is 3.52. The van der Waals surface area contributed by atoms with Gasteiger partial charge in [0.2, 0.25) is 0 Å². The molecule has 32 heavy (non-hydrogen) atoms. The summed E-state index contributed by atoms with van der Waals surface area (Å²) in [5, 5.41) is 7.99. The molecule has 160 valence electrons. The Balaban J connectivity index is 1.62. The molecular formula is C25H19ClFN3O2. The number of ether oxygens (including phenoxy) is 1. The normalized spacial score (nSPS) is 15.2. The van der Waals surface area contributed by atoms with Gasteiger partial charge in [-0.3, -0.25) is 9.89 Å². The number of carbonyl (C=O) groups excluding carboxylic acids is 1. The van der Waals surface area contributed by atoms with Crippen molar-refractivity contribution in [3.8, 4) is 17.0 Å². The number of hydrogen-bond donors (Lipinski definition) is 1. The number of nitrogens with one attached hydrogen (secondary N) is 1. The third-order valence-corrected chi connectivity index (χ3v) is 5.89. The van der Waals surface area contributed by atoms with Crippen molar-refractivity contribution in [2.24, 2.45) is 0 Å². The zero-order valence-corrected chi connectivity index (χ0v) is 17.9. The van der Waals surface area contributed by atoms with Gasteiger partial charge in [0, 0.05) is 22.7 Å². The zero-order valence-electron chi connectivity index (χ0n) is 17.2. The van der Waals surface area contributed by atoms with E-state index in [1.165, 1.54) is 12.1 Å². The molecule has 0 spiro atoms. The molecule has 0 saturated heterocycles. The molecule has 0 saturated carbocycles. The number of nitrogens with zero attached hydrogens (tertiary/aromatic N) is 2. The molecule has 1 N–H and O–H groups in total. The van der Waals surface area contributed by atoms with Gasteiger partial charge < -0.3 is 9.64 Å². The Bertz CT molecular complexity index is 1290. The number of halogens is 2. The van der Waals surface area contributed by atoms with E-state index in [2.05, 4.69) is 10.2 Å². The molecule has 0 aliphatic carbocycles. The predicted octanol–water partition coefficient (Wildman–Crippen LogP) is 5.62. The van der Waals surface area contributed by atoms with Gasteiger partial charge in [-0.05, 0) is 59.7 Å². The molecule has 7 heteroatoms. The zero-order chi connectivity index (χ0) is 22.2. The van der Waals surface area contributed by atoms with E-state index in [4.69, 9.17) is 16.3 Å². The van der Waals surface area contributed by atoms with Crippen LogP contribution in [0.1, 0.15) is 33.2 Å². The highest BCUT2D eigenvalue weighted by atomic mass is 35.5. The van der Waals surface area contributed by atoms with Crippen molar-refractivity contribution in [2.45, 2.75) is 12.6 Å². The van der Waals surface area contributed by atoms with Crippen LogP contribution in [-0.2, 0) is 6.54 Å². The number of carbonyl (C=O) groups is 1. The molecule has 1 amide bonds. The molecule has 1 aromatic heterocycles. The first kappa shape index (κ1) is 20.3. The maximum atomic E-state index is 13.4. The van der Waals surface area contributed by atoms with Crippen molar-refractivity contribution in [3.05, 3.63) is 106 Å². The van der Waals surface area contributed by atoms with Crippen LogP contribution in [0.4, 0.5) is 4.39 Å². The smallest absolute Gasteiger partial charge is 0.273 e. The first-order valence-electron chi connectivity index (χ1n) is 10.1. The van der Waals surface area contributed by atoms with E-state index in [1.54, 1.807) is 30.2 Å². The number of H-pyrrole nitrogens is 1. The Morgan fingerprint density at radius 3 is 2.53 bits per heavy atom. The number of aromatic amines is 1. The van der Waals surface area contributed by atoms with Crippen LogP contribution in [0.25, 0.3) is 11.3 Å². The summed E-state index contributed by atoms with van der Waals surface area (Å²) in [7, 11) is 1.61. The summed E-state index contributed by atoms with van der Waals surface area (Å²) in [6.45, 7) is 0.320. The molecule has 1 unspecified atom stereocenters. The van der Waals surface area contributed by atoms with Gasteiger partial charge >= 0.3 is 0 Å². The summed E-state index contributed by atoms with van der Waals surface area (Å²) in [4.78, 5) is 15.2. The number of aromatic nitrogens is 2. The van der Waals surface area contributed by atoms with Crippen molar-refractivity contribution >= 4 is 17.5 Å². The molecule has 1 aliphatic rings. The van der Waals surface area contributed by atoms with Crippen molar-refractivity contribution in [1.82, 2.24) is 15.1 Å². The highest BCUT2D eigenvalue weighted by Gasteiger charge is 2.42. The largest absolute Gasteiger partial charge is 0.497 e. The number of benzene rings is 3. The monoisotopic (exact) mass is 447 g/mol. The standard InChI is InChI=1S/C25H19ClFN3O2/c1-32-20-11-7-16(8-12-20)22-21-23(29-28-22)25(31)30(14-15-5-9-19(27)10-6-15)24(21)17-3-2-4-18(26)13-17/h2-13,24H,14H2,1H3,(H,28,29). The Morgan fingerprint density at radius 2 is 1.84 bits per heavy atom. The minimum atomic E-state index is -0.392. The first-order chi connectivity index (χ1) is 15.5. The third-order valence-electron chi connectivity index (χ3n) is 5.66. The van der Waals surface area contributed by atoms with Crippen LogP contribution in [0.2, 0.25) is 5.02 Å². The Morgan fingerprint density at radius 1 is 1.09 bits per heavy atom. The van der Waals surface area contributed by atoms with Crippen LogP contribution in [0.5, 0.6) is 5.75 Å². The van der Waals surface area contributed by atoms with E-state index < -0.39 is 6.04 Å². The fourth-order valence-corrected chi connectivity index (χ4v) is 4.34. The number of rotatable bonds is 5. The quantitative estimate of drug-likeness (QED) is 0.431. The second-order valence-corrected chi connectivity index (χ2v) is 8.04. The number of amides is 1. The fourth-order valence-electron chi connectivity index (χ4n) is 4.14. The van der Waals surface area contributed by atoms with Gasteiger partial charge in [0.15, 0.2) is 0 Å². The van der Waals surface area contributed by atoms with Crippen LogP contribution in [0, 0.1) is 5.82 Å². The van der Waals surface area contributed by atoms with Gasteiger partial charge in [-0.15, -0.1) is 0 Å². The molecule has 2 heterocycles. The molecule has 3 aromatic carbocycles. The molecule has 5 nitrogen and oxygen atoms in total. The van der Waals surface area contributed by atoms with Gasteiger partial charge in [-0.25, -0.2) is 4.39 Å². The minimum Gasteiger partial charge on any atom is -0.497 e. The molecule has 0 fully saturated rings. The summed E-state index contributed by atoms with van der Waals surface area (Å²) in [6, 6.07) is 20.8. The van der Waals surface area contributed by atoms with Crippen molar-refractivity contribution in [1.29, 1.82) is 0 Å². The van der Waals surface area contributed by atoms with Gasteiger partial charge in [0.1, 0.15) is 17.3 Å². The topological polar surface area (TPSA) is 58.2 Å². The average Bonchev–Trinajstić information content (AvgIpc) is 3.35. The lowest BCUT2D eigenvalue weighted by molar-refractivity contribution is 0.0730. The highest BCUT2D eigenvalue weighted by molar-refractivity contribution is 6.30. The highest BCUT2D eigenvalue weighted by Crippen LogP contribution is 2.44. The SMILES string of the molecule is COc1ccc(-c2n[nH]c3c2C(c2cccc(Cl)c2)N(Cc2ccc(F)cc2)C3=O)cc1. The summed E-state index contributed by atoms with van der Waals surface area (Å²) in [5.41, 5.74) is 4.51. The maximum absolute atomic E-state index is 13.4. The Kier molecular flexibility index (Phi) is 5.15. The summed E-state index contributed by atoms with van der Waals surface area (Å²) < 4.78 is 18.7. The predicted molar refractivity (Wildman–Crippen MR) is 120 cm³/mol. The van der Waals surface area contributed by atoms with Crippen LogP contribution < -0.4 is 4.74 Å². The van der Waals surface area contributed by atoms with Gasteiger partial charge in [0.25, 0.3) is 5.91 Å². The Hall–Kier alpha value is -3.64. The van der Waals surface area contributed by atoms with Crippen LogP contribution in [-0.4, -0.2) is 28.1 Å². The van der Waals surface area contributed by atoms with E-state index >= 15 is 0 Å². The van der Waals surface area contributed by atoms with Gasteiger partial charge in [0.05, 0.1) is 18.8 Å². The number of hydrogen-bond acceptors (Lipinski definition) is 3. The summed E-state index contributed by atoms with van der Waals surface area (Å²) in [6.07, 6.45) is 0. The van der Waals surface area contributed by atoms with E-state index in [9.17, 15) is 9.18 Å². The number of methoxy groups -OCH3 is 1. The lowest BCUT2D eigenvalue weighted by atomic mass is 9.96. The Labute approximate surface area is 189 Å². The molecule has 4 aromatic rings. The summed E-state index contributed by atoms with van der Waals surface area (Å²) in [5.74, 6) is 0.256. The van der Waals surface area contributed by atoms with E-state index in [0.717, 1.165) is 28.0 Å². The van der Waals surface area contributed by atoms with E-state index in [1.807, 2.05) is 42.5 Å². The molecule has 1 atom stereocenters. The van der Waals surface area contributed by atoms with Crippen LogP contribution in [0.3, 0.4) is 0 Å². The fraction of sp³-hybridized carbons (Fsp3) is 0.120. The van der Waals surface area contributed by atoms with Crippen molar-refractivity contribution < 1.29 is 13.9 Å². The molecular weight excluding hydrogens is 429 g/mol. The van der Waals surface area contributed by atoms with E-state index in [-0.39, 0.29) is 11.7 Å². The van der Waals surface area contributed by atoms with Crippen LogP contribution in [0.15, 0.2) is 72.8 Å².